The van der Waals surface area contributed by atoms with E-state index < -0.39 is 0 Å². The van der Waals surface area contributed by atoms with Crippen molar-refractivity contribution in [2.45, 2.75) is 6.54 Å². The van der Waals surface area contributed by atoms with Crippen LogP contribution in [0.3, 0.4) is 0 Å². The van der Waals surface area contributed by atoms with Crippen LogP contribution in [-0.4, -0.2) is 17.9 Å². The van der Waals surface area contributed by atoms with Gasteiger partial charge in [0.15, 0.2) is 0 Å². The molecular formula is C23H19FN2O. The molecule has 0 saturated carbocycles. The van der Waals surface area contributed by atoms with Gasteiger partial charge in [0, 0.05) is 29.9 Å². The predicted octanol–water partition coefficient (Wildman–Crippen LogP) is 5.59. The molecular weight excluding hydrogens is 339 g/mol. The van der Waals surface area contributed by atoms with E-state index in [1.54, 1.807) is 19.2 Å². The second-order valence-corrected chi connectivity index (χ2v) is 6.35. The summed E-state index contributed by atoms with van der Waals surface area (Å²) in [6.45, 7) is 0.639. The van der Waals surface area contributed by atoms with E-state index in [9.17, 15) is 4.39 Å². The van der Waals surface area contributed by atoms with Gasteiger partial charge in [0.1, 0.15) is 11.6 Å². The van der Waals surface area contributed by atoms with Gasteiger partial charge in [-0.05, 0) is 65.7 Å². The Bertz CT molecular complexity index is 1100. The fourth-order valence-electron chi connectivity index (χ4n) is 3.09. The monoisotopic (exact) mass is 358 g/mol. The molecule has 134 valence electrons. The maximum Gasteiger partial charge on any atom is 0.123 e. The minimum atomic E-state index is -0.207. The zero-order chi connectivity index (χ0) is 18.6. The van der Waals surface area contributed by atoms with Crippen LogP contribution in [0.25, 0.3) is 10.9 Å². The van der Waals surface area contributed by atoms with Crippen molar-refractivity contribution >= 4 is 22.8 Å². The van der Waals surface area contributed by atoms with Gasteiger partial charge in [0.05, 0.1) is 12.8 Å². The van der Waals surface area contributed by atoms with Crippen LogP contribution < -0.4 is 4.74 Å². The van der Waals surface area contributed by atoms with E-state index >= 15 is 0 Å². The molecule has 3 nitrogen and oxygen atoms in total. The summed E-state index contributed by atoms with van der Waals surface area (Å²) in [7, 11) is 1.65. The van der Waals surface area contributed by atoms with Gasteiger partial charge >= 0.3 is 0 Å². The second kappa shape index (κ2) is 7.46. The third kappa shape index (κ3) is 3.90. The van der Waals surface area contributed by atoms with Crippen molar-refractivity contribution in [2.75, 3.05) is 7.11 Å². The van der Waals surface area contributed by atoms with Gasteiger partial charge in [0.25, 0.3) is 0 Å². The number of hydrogen-bond acceptors (Lipinski definition) is 2. The van der Waals surface area contributed by atoms with Crippen molar-refractivity contribution < 1.29 is 9.13 Å². The number of rotatable bonds is 5. The summed E-state index contributed by atoms with van der Waals surface area (Å²) in [5, 5.41) is 1.13. The molecule has 0 N–H and O–H groups in total. The minimum absolute atomic E-state index is 0.207. The third-order valence-corrected chi connectivity index (χ3v) is 4.47. The number of halogens is 1. The lowest BCUT2D eigenvalue weighted by Crippen LogP contribution is -1.98. The average Bonchev–Trinajstić information content (AvgIpc) is 3.09. The molecule has 3 aromatic carbocycles. The van der Waals surface area contributed by atoms with Crippen LogP contribution in [-0.2, 0) is 6.54 Å². The molecule has 4 rings (SSSR count). The lowest BCUT2D eigenvalue weighted by Gasteiger charge is -2.06. The fraction of sp³-hybridized carbons (Fsp3) is 0.0870. The molecule has 0 bridgehead atoms. The standard InChI is InChI=1S/C23H19FN2O/c1-27-22-8-6-21(7-9-22)25-15-17-5-10-23-19(13-17)11-12-26(23)16-18-3-2-4-20(24)14-18/h2-15H,16H2,1H3. The molecule has 4 heteroatoms. The average molecular weight is 358 g/mol. The zero-order valence-electron chi connectivity index (χ0n) is 15.0. The second-order valence-electron chi connectivity index (χ2n) is 6.35. The molecule has 27 heavy (non-hydrogen) atoms. The summed E-state index contributed by atoms with van der Waals surface area (Å²) in [5.41, 5.74) is 3.96. The van der Waals surface area contributed by atoms with Gasteiger partial charge in [-0.15, -0.1) is 0 Å². The van der Waals surface area contributed by atoms with Gasteiger partial charge in [-0.3, -0.25) is 4.99 Å². The summed E-state index contributed by atoms with van der Waals surface area (Å²) in [5.74, 6) is 0.607. The number of benzene rings is 3. The first-order chi connectivity index (χ1) is 13.2. The predicted molar refractivity (Wildman–Crippen MR) is 108 cm³/mol. The van der Waals surface area contributed by atoms with E-state index in [-0.39, 0.29) is 5.82 Å². The fourth-order valence-corrected chi connectivity index (χ4v) is 3.09. The summed E-state index contributed by atoms with van der Waals surface area (Å²) >= 11 is 0. The third-order valence-electron chi connectivity index (χ3n) is 4.47. The first kappa shape index (κ1) is 17.0. The number of fused-ring (bicyclic) bond motifs is 1. The van der Waals surface area contributed by atoms with Crippen LogP contribution in [0.1, 0.15) is 11.1 Å². The van der Waals surface area contributed by atoms with Crippen molar-refractivity contribution in [3.63, 3.8) is 0 Å². The molecule has 4 aromatic rings. The lowest BCUT2D eigenvalue weighted by atomic mass is 10.1. The Hall–Kier alpha value is -3.40. The van der Waals surface area contributed by atoms with Gasteiger partial charge in [0.2, 0.25) is 0 Å². The van der Waals surface area contributed by atoms with Crippen LogP contribution in [0.4, 0.5) is 10.1 Å². The maximum atomic E-state index is 13.4. The topological polar surface area (TPSA) is 26.5 Å². The highest BCUT2D eigenvalue weighted by Crippen LogP contribution is 2.20. The van der Waals surface area contributed by atoms with Crippen molar-refractivity contribution in [2.24, 2.45) is 4.99 Å². The molecule has 0 spiro atoms. The quantitative estimate of drug-likeness (QED) is 0.427. The van der Waals surface area contributed by atoms with Gasteiger partial charge in [-0.1, -0.05) is 18.2 Å². The maximum absolute atomic E-state index is 13.4. The summed E-state index contributed by atoms with van der Waals surface area (Å²) < 4.78 is 20.7. The number of hydrogen-bond donors (Lipinski definition) is 0. The molecule has 0 aliphatic heterocycles. The number of aromatic nitrogens is 1. The van der Waals surface area contributed by atoms with Gasteiger partial charge < -0.3 is 9.30 Å². The van der Waals surface area contributed by atoms with Crippen LogP contribution in [0.2, 0.25) is 0 Å². The molecule has 0 unspecified atom stereocenters. The van der Waals surface area contributed by atoms with Crippen LogP contribution >= 0.6 is 0 Å². The molecule has 1 aromatic heterocycles. The van der Waals surface area contributed by atoms with E-state index in [0.717, 1.165) is 33.5 Å². The Kier molecular flexibility index (Phi) is 4.71. The summed E-state index contributed by atoms with van der Waals surface area (Å²) in [6.07, 6.45) is 3.88. The van der Waals surface area contributed by atoms with Crippen LogP contribution in [0, 0.1) is 5.82 Å². The molecule has 0 radical (unpaired) electrons. The number of methoxy groups -OCH3 is 1. The smallest absolute Gasteiger partial charge is 0.123 e. The van der Waals surface area contributed by atoms with Crippen molar-refractivity contribution in [3.8, 4) is 5.75 Å². The molecule has 0 aliphatic rings. The summed E-state index contributed by atoms with van der Waals surface area (Å²) in [4.78, 5) is 4.51. The SMILES string of the molecule is COc1ccc(N=Cc2ccc3c(ccn3Cc3cccc(F)c3)c2)cc1. The van der Waals surface area contributed by atoms with Crippen molar-refractivity contribution in [1.82, 2.24) is 4.57 Å². The zero-order valence-corrected chi connectivity index (χ0v) is 15.0. The van der Waals surface area contributed by atoms with E-state index in [1.165, 1.54) is 6.07 Å². The Morgan fingerprint density at radius 3 is 2.63 bits per heavy atom. The van der Waals surface area contributed by atoms with E-state index in [4.69, 9.17) is 4.74 Å². The number of aliphatic imine (C=N–C) groups is 1. The minimum Gasteiger partial charge on any atom is -0.497 e. The molecule has 0 fully saturated rings. The Morgan fingerprint density at radius 2 is 1.85 bits per heavy atom. The molecule has 0 atom stereocenters. The highest BCUT2D eigenvalue weighted by atomic mass is 19.1. The van der Waals surface area contributed by atoms with Crippen LogP contribution in [0.15, 0.2) is 84.0 Å². The largest absolute Gasteiger partial charge is 0.497 e. The Balaban J connectivity index is 1.55. The number of nitrogens with zero attached hydrogens (tertiary/aromatic N) is 2. The normalized spacial score (nSPS) is 11.3. The molecule has 0 aliphatic carbocycles. The van der Waals surface area contributed by atoms with Gasteiger partial charge in [-0.2, -0.15) is 0 Å². The van der Waals surface area contributed by atoms with Crippen LogP contribution in [0.5, 0.6) is 5.75 Å². The lowest BCUT2D eigenvalue weighted by molar-refractivity contribution is 0.415. The first-order valence-electron chi connectivity index (χ1n) is 8.73. The molecule has 1 heterocycles. The molecule has 0 saturated heterocycles. The van der Waals surface area contributed by atoms with Gasteiger partial charge in [-0.25, -0.2) is 4.39 Å². The molecule has 0 amide bonds. The Morgan fingerprint density at radius 1 is 1.00 bits per heavy atom. The van der Waals surface area contributed by atoms with Crippen molar-refractivity contribution in [1.29, 1.82) is 0 Å². The summed E-state index contributed by atoms with van der Waals surface area (Å²) in [6, 6.07) is 22.6. The van der Waals surface area contributed by atoms with E-state index in [1.807, 2.05) is 48.8 Å². The van der Waals surface area contributed by atoms with Crippen molar-refractivity contribution in [3.05, 3.63) is 95.9 Å². The van der Waals surface area contributed by atoms with E-state index in [2.05, 4.69) is 27.8 Å². The van der Waals surface area contributed by atoms with E-state index in [0.29, 0.717) is 6.54 Å². The Labute approximate surface area is 157 Å². The highest BCUT2D eigenvalue weighted by molar-refractivity contribution is 5.90. The highest BCUT2D eigenvalue weighted by Gasteiger charge is 2.03. The first-order valence-corrected chi connectivity index (χ1v) is 8.73. The number of ether oxygens (including phenoxy) is 1.